The van der Waals surface area contributed by atoms with Crippen LogP contribution in [0.5, 0.6) is 0 Å². The van der Waals surface area contributed by atoms with Gasteiger partial charge in [-0.1, -0.05) is 28.1 Å². The smallest absolute Gasteiger partial charge is 0.250 e. The maximum Gasteiger partial charge on any atom is 0.250 e. The molecule has 2 aromatic carbocycles. The number of ether oxygens (including phenoxy) is 1. The van der Waals surface area contributed by atoms with E-state index in [-0.39, 0.29) is 12.5 Å². The number of halogens is 2. The number of rotatable bonds is 5. The maximum atomic E-state index is 11.8. The van der Waals surface area contributed by atoms with Gasteiger partial charge in [-0.3, -0.25) is 4.79 Å². The molecule has 0 aromatic heterocycles. The van der Waals surface area contributed by atoms with Gasteiger partial charge in [-0.15, -0.1) is 0 Å². The van der Waals surface area contributed by atoms with Gasteiger partial charge in [-0.25, -0.2) is 0 Å². The van der Waals surface area contributed by atoms with Gasteiger partial charge in [0.05, 0.1) is 12.3 Å². The van der Waals surface area contributed by atoms with Crippen molar-refractivity contribution < 1.29 is 9.53 Å². The summed E-state index contributed by atoms with van der Waals surface area (Å²) in [5.41, 5.74) is 7.96. The molecule has 2 aromatic rings. The van der Waals surface area contributed by atoms with Gasteiger partial charge in [0, 0.05) is 14.6 Å². The second-order valence-corrected chi connectivity index (χ2v) is 6.18. The Balaban J connectivity index is 1.81. The van der Waals surface area contributed by atoms with E-state index in [9.17, 15) is 4.79 Å². The van der Waals surface area contributed by atoms with Gasteiger partial charge in [0.15, 0.2) is 0 Å². The van der Waals surface area contributed by atoms with Crippen LogP contribution in [0.4, 0.5) is 11.4 Å². The van der Waals surface area contributed by atoms with E-state index in [1.165, 1.54) is 0 Å². The van der Waals surface area contributed by atoms with Crippen molar-refractivity contribution in [3.05, 3.63) is 57.0 Å². The Morgan fingerprint density at radius 2 is 1.86 bits per heavy atom. The summed E-state index contributed by atoms with van der Waals surface area (Å²) < 4.78 is 7.14. The predicted octanol–water partition coefficient (Wildman–Crippen LogP) is 3.95. The van der Waals surface area contributed by atoms with Crippen LogP contribution in [0.2, 0.25) is 0 Å². The van der Waals surface area contributed by atoms with Crippen LogP contribution >= 0.6 is 31.9 Å². The standard InChI is InChI=1S/C15H14Br2N2O2/c16-11-3-1-10(2-4-11)8-21-9-15(20)19-14-6-5-12(18)7-13(14)17/h1-7H,8-9,18H2,(H,19,20). The van der Waals surface area contributed by atoms with Gasteiger partial charge < -0.3 is 15.8 Å². The number of hydrogen-bond donors (Lipinski definition) is 2. The van der Waals surface area contributed by atoms with Crippen LogP contribution in [-0.4, -0.2) is 12.5 Å². The van der Waals surface area contributed by atoms with Crippen molar-refractivity contribution in [3.8, 4) is 0 Å². The Morgan fingerprint density at radius 1 is 1.14 bits per heavy atom. The van der Waals surface area contributed by atoms with E-state index in [1.807, 2.05) is 24.3 Å². The Labute approximate surface area is 139 Å². The monoisotopic (exact) mass is 412 g/mol. The van der Waals surface area contributed by atoms with Gasteiger partial charge in [0.1, 0.15) is 6.61 Å². The normalized spacial score (nSPS) is 10.4. The van der Waals surface area contributed by atoms with Gasteiger partial charge in [0.2, 0.25) is 5.91 Å². The quantitative estimate of drug-likeness (QED) is 0.729. The number of anilines is 2. The molecule has 4 nitrogen and oxygen atoms in total. The molecule has 0 spiro atoms. The first kappa shape index (κ1) is 16.0. The molecule has 0 bridgehead atoms. The number of nitrogens with one attached hydrogen (secondary N) is 1. The van der Waals surface area contributed by atoms with E-state index >= 15 is 0 Å². The van der Waals surface area contributed by atoms with Crippen LogP contribution in [0.25, 0.3) is 0 Å². The zero-order valence-corrected chi connectivity index (χ0v) is 14.3. The predicted molar refractivity (Wildman–Crippen MR) is 91.0 cm³/mol. The third kappa shape index (κ3) is 5.15. The molecular formula is C15H14Br2N2O2. The molecule has 2 rings (SSSR count). The summed E-state index contributed by atoms with van der Waals surface area (Å²) in [7, 11) is 0. The highest BCUT2D eigenvalue weighted by Crippen LogP contribution is 2.24. The zero-order chi connectivity index (χ0) is 15.2. The Morgan fingerprint density at radius 3 is 2.52 bits per heavy atom. The average molecular weight is 414 g/mol. The van der Waals surface area contributed by atoms with Crippen molar-refractivity contribution in [2.75, 3.05) is 17.7 Å². The molecule has 0 aliphatic carbocycles. The topological polar surface area (TPSA) is 64.3 Å². The van der Waals surface area contributed by atoms with Crippen LogP contribution in [0, 0.1) is 0 Å². The minimum atomic E-state index is -0.211. The van der Waals surface area contributed by atoms with E-state index in [1.54, 1.807) is 18.2 Å². The largest absolute Gasteiger partial charge is 0.399 e. The van der Waals surface area contributed by atoms with Crippen molar-refractivity contribution in [2.45, 2.75) is 6.61 Å². The first-order valence-electron chi connectivity index (χ1n) is 6.21. The number of nitrogen functional groups attached to an aromatic ring is 1. The zero-order valence-electron chi connectivity index (χ0n) is 11.1. The van der Waals surface area contributed by atoms with Crippen molar-refractivity contribution in [1.82, 2.24) is 0 Å². The lowest BCUT2D eigenvalue weighted by atomic mass is 10.2. The van der Waals surface area contributed by atoms with Gasteiger partial charge in [-0.2, -0.15) is 0 Å². The summed E-state index contributed by atoms with van der Waals surface area (Å²) in [5.74, 6) is -0.211. The molecule has 0 aliphatic heterocycles. The molecule has 6 heteroatoms. The Kier molecular flexibility index (Phi) is 5.78. The third-order valence-electron chi connectivity index (χ3n) is 2.68. The van der Waals surface area contributed by atoms with E-state index in [0.717, 1.165) is 14.5 Å². The first-order chi connectivity index (χ1) is 10.0. The highest BCUT2D eigenvalue weighted by Gasteiger charge is 2.06. The summed E-state index contributed by atoms with van der Waals surface area (Å²) in [5, 5.41) is 2.76. The van der Waals surface area contributed by atoms with Crippen molar-refractivity contribution in [2.24, 2.45) is 0 Å². The number of benzene rings is 2. The van der Waals surface area contributed by atoms with Crippen molar-refractivity contribution in [3.63, 3.8) is 0 Å². The second kappa shape index (κ2) is 7.59. The SMILES string of the molecule is Nc1ccc(NC(=O)COCc2ccc(Br)cc2)c(Br)c1. The fourth-order valence-electron chi connectivity index (χ4n) is 1.66. The number of carbonyl (C=O) groups excluding carboxylic acids is 1. The third-order valence-corrected chi connectivity index (χ3v) is 3.87. The van der Waals surface area contributed by atoms with E-state index in [4.69, 9.17) is 10.5 Å². The lowest BCUT2D eigenvalue weighted by Crippen LogP contribution is -2.18. The number of carbonyl (C=O) groups is 1. The van der Waals surface area contributed by atoms with Gasteiger partial charge in [0.25, 0.3) is 0 Å². The molecule has 21 heavy (non-hydrogen) atoms. The summed E-state index contributed by atoms with van der Waals surface area (Å²) in [6.45, 7) is 0.385. The molecule has 0 aliphatic rings. The molecule has 0 unspecified atom stereocenters. The summed E-state index contributed by atoms with van der Waals surface area (Å²) in [6, 6.07) is 13.0. The van der Waals surface area contributed by atoms with Crippen LogP contribution in [0.1, 0.15) is 5.56 Å². The molecular weight excluding hydrogens is 400 g/mol. The van der Waals surface area contributed by atoms with Crippen LogP contribution in [0.3, 0.4) is 0 Å². The number of hydrogen-bond acceptors (Lipinski definition) is 3. The fourth-order valence-corrected chi connectivity index (χ4v) is 2.42. The van der Waals surface area contributed by atoms with E-state index in [2.05, 4.69) is 37.2 Å². The molecule has 0 fully saturated rings. The first-order valence-corrected chi connectivity index (χ1v) is 7.80. The van der Waals surface area contributed by atoms with Gasteiger partial charge in [-0.05, 0) is 51.8 Å². The summed E-state index contributed by atoms with van der Waals surface area (Å²) in [6.07, 6.45) is 0. The minimum absolute atomic E-state index is 0.00706. The number of nitrogens with two attached hydrogens (primary N) is 1. The molecule has 0 atom stereocenters. The molecule has 3 N–H and O–H groups in total. The Bertz CT molecular complexity index is 630. The van der Waals surface area contributed by atoms with Crippen molar-refractivity contribution >= 4 is 49.1 Å². The fraction of sp³-hybridized carbons (Fsp3) is 0.133. The molecule has 1 amide bonds. The summed E-state index contributed by atoms with van der Waals surface area (Å²) >= 11 is 6.71. The molecule has 0 saturated heterocycles. The highest BCUT2D eigenvalue weighted by molar-refractivity contribution is 9.10. The lowest BCUT2D eigenvalue weighted by Gasteiger charge is -2.08. The number of amides is 1. The van der Waals surface area contributed by atoms with Crippen LogP contribution < -0.4 is 11.1 Å². The van der Waals surface area contributed by atoms with Crippen LogP contribution in [-0.2, 0) is 16.1 Å². The molecule has 0 heterocycles. The average Bonchev–Trinajstić information content (AvgIpc) is 2.44. The lowest BCUT2D eigenvalue weighted by molar-refractivity contribution is -0.121. The molecule has 0 radical (unpaired) electrons. The van der Waals surface area contributed by atoms with E-state index < -0.39 is 0 Å². The molecule has 110 valence electrons. The summed E-state index contributed by atoms with van der Waals surface area (Å²) in [4.78, 5) is 11.8. The maximum absolute atomic E-state index is 11.8. The minimum Gasteiger partial charge on any atom is -0.399 e. The molecule has 0 saturated carbocycles. The van der Waals surface area contributed by atoms with Gasteiger partial charge >= 0.3 is 0 Å². The van der Waals surface area contributed by atoms with Crippen LogP contribution in [0.15, 0.2) is 51.4 Å². The second-order valence-electron chi connectivity index (χ2n) is 4.41. The Hall–Kier alpha value is -1.37. The highest BCUT2D eigenvalue weighted by atomic mass is 79.9. The van der Waals surface area contributed by atoms with Crippen molar-refractivity contribution in [1.29, 1.82) is 0 Å². The van der Waals surface area contributed by atoms with E-state index in [0.29, 0.717) is 18.0 Å².